The van der Waals surface area contributed by atoms with Gasteiger partial charge in [0.15, 0.2) is 0 Å². The molecule has 1 aromatic rings. The number of aromatic nitrogens is 2. The van der Waals surface area contributed by atoms with Gasteiger partial charge in [0, 0.05) is 20.1 Å². The summed E-state index contributed by atoms with van der Waals surface area (Å²) in [6.45, 7) is 2.48. The molecule has 0 spiro atoms. The van der Waals surface area contributed by atoms with Crippen molar-refractivity contribution < 1.29 is 5.11 Å². The standard InChI is InChI=1S/C11H19ClN4O2/c1-11(18,7-15(2)3)6-13-8-5-14-16(4)10(17)9(8)12/h5,13,18H,6-7H2,1-4H3. The molecule has 0 aliphatic carbocycles. The van der Waals surface area contributed by atoms with E-state index in [2.05, 4.69) is 10.4 Å². The summed E-state index contributed by atoms with van der Waals surface area (Å²) in [5.41, 5.74) is -0.860. The summed E-state index contributed by atoms with van der Waals surface area (Å²) in [7, 11) is 5.28. The van der Waals surface area contributed by atoms with Crippen LogP contribution < -0.4 is 10.9 Å². The first-order valence-electron chi connectivity index (χ1n) is 5.56. The minimum absolute atomic E-state index is 0.0770. The van der Waals surface area contributed by atoms with Crippen LogP contribution >= 0.6 is 11.6 Å². The van der Waals surface area contributed by atoms with Crippen LogP contribution in [0.2, 0.25) is 5.02 Å². The van der Waals surface area contributed by atoms with Gasteiger partial charge in [0.05, 0.1) is 17.5 Å². The first kappa shape index (κ1) is 14.9. The fourth-order valence-electron chi connectivity index (χ4n) is 1.66. The number of aryl methyl sites for hydroxylation is 1. The van der Waals surface area contributed by atoms with Crippen molar-refractivity contribution >= 4 is 17.3 Å². The number of nitrogens with zero attached hydrogens (tertiary/aromatic N) is 3. The van der Waals surface area contributed by atoms with Crippen LogP contribution in [-0.2, 0) is 7.05 Å². The Morgan fingerprint density at radius 1 is 1.61 bits per heavy atom. The number of likely N-dealkylation sites (N-methyl/N-ethyl adjacent to an activating group) is 1. The van der Waals surface area contributed by atoms with Gasteiger partial charge in [-0.25, -0.2) is 4.68 Å². The maximum Gasteiger partial charge on any atom is 0.287 e. The monoisotopic (exact) mass is 274 g/mol. The summed E-state index contributed by atoms with van der Waals surface area (Å²) in [6.07, 6.45) is 1.47. The number of rotatable bonds is 5. The van der Waals surface area contributed by atoms with E-state index in [1.165, 1.54) is 13.2 Å². The molecular weight excluding hydrogens is 256 g/mol. The van der Waals surface area contributed by atoms with E-state index in [0.29, 0.717) is 12.2 Å². The third-order valence-corrected chi connectivity index (χ3v) is 2.76. The van der Waals surface area contributed by atoms with E-state index in [1.807, 2.05) is 19.0 Å². The van der Waals surface area contributed by atoms with Crippen LogP contribution in [0.4, 0.5) is 5.69 Å². The molecule has 0 radical (unpaired) electrons. The van der Waals surface area contributed by atoms with Gasteiger partial charge in [0.1, 0.15) is 5.02 Å². The molecule has 0 saturated heterocycles. The molecule has 1 heterocycles. The van der Waals surface area contributed by atoms with E-state index in [1.54, 1.807) is 6.92 Å². The number of aliphatic hydroxyl groups is 1. The quantitative estimate of drug-likeness (QED) is 0.800. The molecule has 0 saturated carbocycles. The fourth-order valence-corrected chi connectivity index (χ4v) is 1.89. The lowest BCUT2D eigenvalue weighted by molar-refractivity contribution is 0.0460. The first-order valence-corrected chi connectivity index (χ1v) is 5.93. The Hall–Kier alpha value is -1.11. The topological polar surface area (TPSA) is 70.4 Å². The number of halogens is 1. The van der Waals surface area contributed by atoms with E-state index >= 15 is 0 Å². The van der Waals surface area contributed by atoms with Crippen molar-refractivity contribution in [3.63, 3.8) is 0 Å². The van der Waals surface area contributed by atoms with Crippen molar-refractivity contribution in [2.45, 2.75) is 12.5 Å². The normalized spacial score (nSPS) is 14.6. The van der Waals surface area contributed by atoms with Gasteiger partial charge < -0.3 is 15.3 Å². The molecule has 0 aliphatic rings. The number of hydrogen-bond donors (Lipinski definition) is 2. The lowest BCUT2D eigenvalue weighted by Crippen LogP contribution is -2.43. The zero-order valence-electron chi connectivity index (χ0n) is 11.1. The molecule has 7 heteroatoms. The highest BCUT2D eigenvalue weighted by Crippen LogP contribution is 2.16. The Morgan fingerprint density at radius 2 is 2.22 bits per heavy atom. The second-order valence-electron chi connectivity index (χ2n) is 4.89. The highest BCUT2D eigenvalue weighted by atomic mass is 35.5. The predicted molar refractivity (Wildman–Crippen MR) is 72.2 cm³/mol. The molecule has 18 heavy (non-hydrogen) atoms. The molecule has 6 nitrogen and oxygen atoms in total. The molecule has 0 bridgehead atoms. The van der Waals surface area contributed by atoms with E-state index in [9.17, 15) is 9.90 Å². The summed E-state index contributed by atoms with van der Waals surface area (Å²) in [4.78, 5) is 13.4. The molecule has 1 unspecified atom stereocenters. The van der Waals surface area contributed by atoms with Crippen LogP contribution in [0, 0.1) is 0 Å². The highest BCUT2D eigenvalue weighted by Gasteiger charge is 2.21. The molecule has 0 aliphatic heterocycles. The second-order valence-corrected chi connectivity index (χ2v) is 5.27. The van der Waals surface area contributed by atoms with Crippen molar-refractivity contribution in [3.8, 4) is 0 Å². The lowest BCUT2D eigenvalue weighted by atomic mass is 10.1. The van der Waals surface area contributed by atoms with Crippen molar-refractivity contribution in [3.05, 3.63) is 21.6 Å². The summed E-state index contributed by atoms with van der Waals surface area (Å²) < 4.78 is 1.16. The van der Waals surface area contributed by atoms with Crippen LogP contribution in [0.15, 0.2) is 11.0 Å². The van der Waals surface area contributed by atoms with Gasteiger partial charge >= 0.3 is 0 Å². The van der Waals surface area contributed by atoms with E-state index in [0.717, 1.165) is 4.68 Å². The van der Waals surface area contributed by atoms with Crippen molar-refractivity contribution in [1.82, 2.24) is 14.7 Å². The second kappa shape index (κ2) is 5.69. The smallest absolute Gasteiger partial charge is 0.287 e. The zero-order chi connectivity index (χ0) is 13.9. The summed E-state index contributed by atoms with van der Waals surface area (Å²) in [6, 6.07) is 0. The fraction of sp³-hybridized carbons (Fsp3) is 0.636. The van der Waals surface area contributed by atoms with Crippen LogP contribution in [0.3, 0.4) is 0 Å². The van der Waals surface area contributed by atoms with Gasteiger partial charge in [-0.2, -0.15) is 5.10 Å². The van der Waals surface area contributed by atoms with Gasteiger partial charge in [-0.3, -0.25) is 4.79 Å². The minimum atomic E-state index is -0.923. The third-order valence-electron chi connectivity index (χ3n) is 2.39. The number of nitrogens with one attached hydrogen (secondary N) is 1. The number of anilines is 1. The minimum Gasteiger partial charge on any atom is -0.387 e. The van der Waals surface area contributed by atoms with Gasteiger partial charge in [-0.15, -0.1) is 0 Å². The predicted octanol–water partition coefficient (Wildman–Crippen LogP) is 0.158. The Labute approximate surface area is 111 Å². The van der Waals surface area contributed by atoms with E-state index in [4.69, 9.17) is 11.6 Å². The molecule has 1 atom stereocenters. The van der Waals surface area contributed by atoms with E-state index < -0.39 is 5.60 Å². The summed E-state index contributed by atoms with van der Waals surface area (Å²) in [5, 5.41) is 17.0. The van der Waals surface area contributed by atoms with Crippen LogP contribution in [0.5, 0.6) is 0 Å². The summed E-state index contributed by atoms with van der Waals surface area (Å²) >= 11 is 5.91. The molecular formula is C11H19ClN4O2. The van der Waals surface area contributed by atoms with Crippen molar-refractivity contribution in [2.24, 2.45) is 7.05 Å². The maximum atomic E-state index is 11.5. The largest absolute Gasteiger partial charge is 0.387 e. The molecule has 102 valence electrons. The molecule has 0 fully saturated rings. The van der Waals surface area contributed by atoms with Crippen LogP contribution in [-0.4, -0.2) is 52.6 Å². The van der Waals surface area contributed by atoms with Gasteiger partial charge in [0.25, 0.3) is 5.56 Å². The van der Waals surface area contributed by atoms with Gasteiger partial charge in [-0.1, -0.05) is 11.6 Å². The Morgan fingerprint density at radius 3 is 2.78 bits per heavy atom. The van der Waals surface area contributed by atoms with Crippen LogP contribution in [0.25, 0.3) is 0 Å². The molecule has 2 N–H and O–H groups in total. The van der Waals surface area contributed by atoms with E-state index in [-0.39, 0.29) is 17.1 Å². The maximum absolute atomic E-state index is 11.5. The SMILES string of the molecule is CN(C)CC(C)(O)CNc1cnn(C)c(=O)c1Cl. The Kier molecular flexibility index (Phi) is 4.72. The molecule has 0 aromatic carbocycles. The average Bonchev–Trinajstić information content (AvgIpc) is 2.23. The summed E-state index contributed by atoms with van der Waals surface area (Å²) in [5.74, 6) is 0. The van der Waals surface area contributed by atoms with Gasteiger partial charge in [0.2, 0.25) is 0 Å². The Balaban J connectivity index is 2.75. The van der Waals surface area contributed by atoms with Gasteiger partial charge in [-0.05, 0) is 21.0 Å². The zero-order valence-corrected chi connectivity index (χ0v) is 11.8. The lowest BCUT2D eigenvalue weighted by Gasteiger charge is -2.27. The molecule has 1 aromatic heterocycles. The molecule has 0 amide bonds. The Bertz CT molecular complexity index is 471. The first-order chi connectivity index (χ1) is 8.23. The average molecular weight is 275 g/mol. The third kappa shape index (κ3) is 3.97. The van der Waals surface area contributed by atoms with Crippen LogP contribution in [0.1, 0.15) is 6.92 Å². The number of hydrogen-bond acceptors (Lipinski definition) is 5. The molecule has 1 rings (SSSR count). The van der Waals surface area contributed by atoms with Crippen molar-refractivity contribution in [2.75, 3.05) is 32.5 Å². The highest BCUT2D eigenvalue weighted by molar-refractivity contribution is 6.32. The van der Waals surface area contributed by atoms with Crippen molar-refractivity contribution in [1.29, 1.82) is 0 Å².